The van der Waals surface area contributed by atoms with Crippen molar-refractivity contribution in [2.75, 3.05) is 6.61 Å². The van der Waals surface area contributed by atoms with Gasteiger partial charge < -0.3 is 14.1 Å². The van der Waals surface area contributed by atoms with Gasteiger partial charge in [0.05, 0.1) is 33.8 Å². The Hall–Kier alpha value is -4.07. The first kappa shape index (κ1) is 28.1. The van der Waals surface area contributed by atoms with Crippen LogP contribution in [0.3, 0.4) is 0 Å². The summed E-state index contributed by atoms with van der Waals surface area (Å²) in [6, 6.07) is 15.2. The lowest BCUT2D eigenvalue weighted by molar-refractivity contribution is -0.140. The van der Waals surface area contributed by atoms with Crippen molar-refractivity contribution in [2.24, 2.45) is 4.99 Å². The second kappa shape index (κ2) is 11.0. The molecular formula is C28H18ClF3N4O4S2. The van der Waals surface area contributed by atoms with E-state index < -0.39 is 35.0 Å². The van der Waals surface area contributed by atoms with E-state index in [1.165, 1.54) is 49.0 Å². The summed E-state index contributed by atoms with van der Waals surface area (Å²) < 4.78 is 54.7. The van der Waals surface area contributed by atoms with Gasteiger partial charge in [-0.05, 0) is 60.6 Å². The molecule has 0 unspecified atom stereocenters. The minimum atomic E-state index is -4.99. The third-order valence-electron chi connectivity index (χ3n) is 6.22. The number of fused-ring (bicyclic) bond motifs is 2. The third kappa shape index (κ3) is 5.30. The van der Waals surface area contributed by atoms with E-state index in [-0.39, 0.29) is 21.5 Å². The molecule has 1 atom stereocenters. The monoisotopic (exact) mass is 630 g/mol. The molecule has 1 aliphatic rings. The van der Waals surface area contributed by atoms with E-state index in [1.807, 2.05) is 24.3 Å². The number of thiazole rings is 1. The number of aromatic nitrogens is 3. The van der Waals surface area contributed by atoms with Gasteiger partial charge in [0.15, 0.2) is 20.7 Å². The van der Waals surface area contributed by atoms with Gasteiger partial charge in [-0.2, -0.15) is 13.2 Å². The van der Waals surface area contributed by atoms with Crippen molar-refractivity contribution in [2.45, 2.75) is 29.4 Å². The fourth-order valence-corrected chi connectivity index (χ4v) is 6.35. The molecule has 0 spiro atoms. The highest BCUT2D eigenvalue weighted by molar-refractivity contribution is 7.99. The number of ether oxygens (including phenoxy) is 1. The normalized spacial score (nSPS) is 15.6. The second-order valence-electron chi connectivity index (χ2n) is 8.93. The SMILES string of the molecule is CCOC(=O)C1=C(C(F)(F)F)N=c2s/c(=C/c3ccc(Sc4nc5ccccc5[nH]4)o3)c(=O)n2[C@@H]1c1ccc(Cl)cc1. The Bertz CT molecular complexity index is 2010. The summed E-state index contributed by atoms with van der Waals surface area (Å²) in [7, 11) is 0. The van der Waals surface area contributed by atoms with E-state index in [9.17, 15) is 22.8 Å². The Morgan fingerprint density at radius 3 is 2.67 bits per heavy atom. The van der Waals surface area contributed by atoms with Crippen LogP contribution in [0.4, 0.5) is 13.2 Å². The van der Waals surface area contributed by atoms with Crippen molar-refractivity contribution in [3.05, 3.63) is 108 Å². The number of nitrogens with zero attached hydrogens (tertiary/aromatic N) is 3. The van der Waals surface area contributed by atoms with Gasteiger partial charge in [-0.3, -0.25) is 9.36 Å². The lowest BCUT2D eigenvalue weighted by Crippen LogP contribution is -2.41. The molecule has 3 aromatic heterocycles. The van der Waals surface area contributed by atoms with Crippen molar-refractivity contribution in [3.63, 3.8) is 0 Å². The Balaban J connectivity index is 1.45. The molecule has 0 saturated carbocycles. The van der Waals surface area contributed by atoms with Gasteiger partial charge in [0, 0.05) is 11.1 Å². The molecule has 0 aliphatic carbocycles. The van der Waals surface area contributed by atoms with Gasteiger partial charge in [0.25, 0.3) is 5.56 Å². The van der Waals surface area contributed by atoms with Crippen LogP contribution >= 0.6 is 34.7 Å². The number of benzene rings is 2. The van der Waals surface area contributed by atoms with Crippen molar-refractivity contribution in [1.82, 2.24) is 14.5 Å². The first-order valence-electron chi connectivity index (χ1n) is 12.4. The average molecular weight is 631 g/mol. The number of hydrogen-bond acceptors (Lipinski definition) is 8. The molecule has 8 nitrogen and oxygen atoms in total. The van der Waals surface area contributed by atoms with Crippen LogP contribution in [0.5, 0.6) is 0 Å². The zero-order valence-electron chi connectivity index (χ0n) is 21.4. The highest BCUT2D eigenvalue weighted by Gasteiger charge is 2.45. The number of nitrogens with one attached hydrogen (secondary N) is 1. The third-order valence-corrected chi connectivity index (χ3v) is 8.26. The molecule has 0 saturated heterocycles. The molecule has 1 aliphatic heterocycles. The van der Waals surface area contributed by atoms with Crippen LogP contribution in [0.25, 0.3) is 17.1 Å². The number of para-hydroxylation sites is 2. The number of imidazole rings is 1. The Labute approximate surface area is 247 Å². The van der Waals surface area contributed by atoms with Crippen LogP contribution in [-0.2, 0) is 9.53 Å². The summed E-state index contributed by atoms with van der Waals surface area (Å²) in [5.41, 5.74) is -0.963. The number of aromatic amines is 1. The Morgan fingerprint density at radius 2 is 1.95 bits per heavy atom. The molecular weight excluding hydrogens is 613 g/mol. The molecule has 2 aromatic carbocycles. The number of halogens is 4. The van der Waals surface area contributed by atoms with Gasteiger partial charge in [0.1, 0.15) is 5.76 Å². The molecule has 214 valence electrons. The molecule has 4 heterocycles. The fourth-order valence-electron chi connectivity index (χ4n) is 4.47. The summed E-state index contributed by atoms with van der Waals surface area (Å²) in [4.78, 5) is 37.8. The van der Waals surface area contributed by atoms with Crippen molar-refractivity contribution in [3.8, 4) is 0 Å². The van der Waals surface area contributed by atoms with E-state index in [0.717, 1.165) is 26.9 Å². The molecule has 0 amide bonds. The van der Waals surface area contributed by atoms with Crippen LogP contribution in [0.2, 0.25) is 5.02 Å². The van der Waals surface area contributed by atoms with Gasteiger partial charge >= 0.3 is 12.1 Å². The Morgan fingerprint density at radius 1 is 1.19 bits per heavy atom. The van der Waals surface area contributed by atoms with Crippen LogP contribution in [0.15, 0.2) is 96.4 Å². The van der Waals surface area contributed by atoms with Gasteiger partial charge in [-0.15, -0.1) is 0 Å². The number of allylic oxidation sites excluding steroid dienone is 1. The van der Waals surface area contributed by atoms with Gasteiger partial charge in [0.2, 0.25) is 0 Å². The standard InChI is InChI=1S/C28H18ClF3N4O4S2/c1-2-39-25(38)21-22(14-7-9-15(29)10-8-14)36-24(37)19(41-27(36)35-23(21)28(30,31)32)13-16-11-12-20(40-16)42-26-33-17-5-3-4-6-18(17)34-26/h3-13,22H,2H2,1H3,(H,33,34)/b19-13+/t22-/m1/s1. The number of carbonyl (C=O) groups is 1. The lowest BCUT2D eigenvalue weighted by Gasteiger charge is -2.26. The number of H-pyrrole nitrogens is 1. The maximum Gasteiger partial charge on any atom is 0.434 e. The summed E-state index contributed by atoms with van der Waals surface area (Å²) in [6.07, 6.45) is -3.57. The second-order valence-corrected chi connectivity index (χ2v) is 11.4. The van der Waals surface area contributed by atoms with Gasteiger partial charge in [-0.1, -0.05) is 47.2 Å². The number of carbonyl (C=O) groups excluding carboxylic acids is 1. The van der Waals surface area contributed by atoms with Crippen LogP contribution in [-0.4, -0.2) is 33.3 Å². The maximum absolute atomic E-state index is 14.2. The first-order valence-corrected chi connectivity index (χ1v) is 14.4. The Kier molecular flexibility index (Phi) is 7.33. The van der Waals surface area contributed by atoms with Crippen molar-refractivity contribution >= 4 is 57.8 Å². The minimum Gasteiger partial charge on any atom is -0.463 e. The van der Waals surface area contributed by atoms with Crippen LogP contribution in [0.1, 0.15) is 24.3 Å². The average Bonchev–Trinajstić information content (AvgIpc) is 3.65. The van der Waals surface area contributed by atoms with Crippen LogP contribution < -0.4 is 14.9 Å². The highest BCUT2D eigenvalue weighted by atomic mass is 35.5. The molecule has 1 N–H and O–H groups in total. The summed E-state index contributed by atoms with van der Waals surface area (Å²) in [5.74, 6) is -0.927. The number of rotatable bonds is 6. The summed E-state index contributed by atoms with van der Waals surface area (Å²) >= 11 is 8.00. The quantitative estimate of drug-likeness (QED) is 0.245. The maximum atomic E-state index is 14.2. The first-order chi connectivity index (χ1) is 20.1. The predicted octanol–water partition coefficient (Wildman–Crippen LogP) is 5.61. The number of alkyl halides is 3. The zero-order valence-corrected chi connectivity index (χ0v) is 23.8. The molecule has 42 heavy (non-hydrogen) atoms. The topological polar surface area (TPSA) is 102 Å². The summed E-state index contributed by atoms with van der Waals surface area (Å²) in [6.45, 7) is 1.31. The van der Waals surface area contributed by atoms with E-state index in [1.54, 1.807) is 12.1 Å². The number of hydrogen-bond donors (Lipinski definition) is 1. The van der Waals surface area contributed by atoms with Crippen molar-refractivity contribution in [1.29, 1.82) is 0 Å². The minimum absolute atomic E-state index is 0.0639. The highest BCUT2D eigenvalue weighted by Crippen LogP contribution is 2.38. The lowest BCUT2D eigenvalue weighted by atomic mass is 9.95. The molecule has 0 fully saturated rings. The van der Waals surface area contributed by atoms with E-state index in [4.69, 9.17) is 20.8 Å². The van der Waals surface area contributed by atoms with Crippen LogP contribution in [0, 0.1) is 0 Å². The summed E-state index contributed by atoms with van der Waals surface area (Å²) in [5, 5.41) is 1.42. The zero-order chi connectivity index (χ0) is 29.6. The fraction of sp³-hybridized carbons (Fsp3) is 0.143. The van der Waals surface area contributed by atoms with Crippen molar-refractivity contribution < 1.29 is 27.1 Å². The molecule has 0 bridgehead atoms. The molecule has 6 rings (SSSR count). The van der Waals surface area contributed by atoms with E-state index >= 15 is 0 Å². The number of esters is 1. The van der Waals surface area contributed by atoms with E-state index in [2.05, 4.69) is 15.0 Å². The van der Waals surface area contributed by atoms with Gasteiger partial charge in [-0.25, -0.2) is 14.8 Å². The molecule has 14 heteroatoms. The smallest absolute Gasteiger partial charge is 0.434 e. The largest absolute Gasteiger partial charge is 0.463 e. The predicted molar refractivity (Wildman–Crippen MR) is 151 cm³/mol. The van der Waals surface area contributed by atoms with E-state index in [0.29, 0.717) is 21.0 Å². The number of furan rings is 1. The molecule has 0 radical (unpaired) electrons. The molecule has 5 aromatic rings.